The summed E-state index contributed by atoms with van der Waals surface area (Å²) in [7, 11) is 0. The molecular formula is C19H23BrFN3O3. The predicted octanol–water partition coefficient (Wildman–Crippen LogP) is 2.22. The van der Waals surface area contributed by atoms with Crippen LogP contribution in [-0.2, 0) is 9.59 Å². The number of piperidine rings is 2. The number of benzene rings is 1. The van der Waals surface area contributed by atoms with Gasteiger partial charge in [-0.15, -0.1) is 0 Å². The number of halogens is 2. The van der Waals surface area contributed by atoms with Crippen LogP contribution in [0.1, 0.15) is 43.0 Å². The van der Waals surface area contributed by atoms with Crippen LogP contribution >= 0.6 is 15.9 Å². The summed E-state index contributed by atoms with van der Waals surface area (Å²) in [6.45, 7) is 2.97. The number of likely N-dealkylation sites (tertiary alicyclic amines) is 1. The molecule has 2 aliphatic heterocycles. The fraction of sp³-hybridized carbons (Fsp3) is 0.526. The molecule has 3 rings (SSSR count). The van der Waals surface area contributed by atoms with Crippen molar-refractivity contribution in [2.45, 2.75) is 44.7 Å². The van der Waals surface area contributed by atoms with Crippen molar-refractivity contribution >= 4 is 33.7 Å². The lowest BCUT2D eigenvalue weighted by Crippen LogP contribution is -2.59. The maximum absolute atomic E-state index is 13.8. The minimum absolute atomic E-state index is 0.0380. The Morgan fingerprint density at radius 2 is 2.07 bits per heavy atom. The van der Waals surface area contributed by atoms with Crippen molar-refractivity contribution < 1.29 is 18.8 Å². The van der Waals surface area contributed by atoms with Crippen molar-refractivity contribution in [1.82, 2.24) is 15.5 Å². The van der Waals surface area contributed by atoms with Gasteiger partial charge < -0.3 is 15.5 Å². The van der Waals surface area contributed by atoms with Crippen LogP contribution in [0.4, 0.5) is 4.39 Å². The average molecular weight is 440 g/mol. The number of rotatable bonds is 3. The van der Waals surface area contributed by atoms with Gasteiger partial charge >= 0.3 is 0 Å². The summed E-state index contributed by atoms with van der Waals surface area (Å²) in [5.74, 6) is -1.37. The van der Waals surface area contributed by atoms with Crippen LogP contribution < -0.4 is 10.6 Å². The fourth-order valence-electron chi connectivity index (χ4n) is 3.66. The van der Waals surface area contributed by atoms with Crippen LogP contribution in [0.3, 0.4) is 0 Å². The lowest BCUT2D eigenvalue weighted by molar-refractivity contribution is -0.134. The molecule has 6 nitrogen and oxygen atoms in total. The van der Waals surface area contributed by atoms with Crippen molar-refractivity contribution in [3.8, 4) is 0 Å². The van der Waals surface area contributed by atoms with Gasteiger partial charge in [-0.2, -0.15) is 0 Å². The molecule has 1 aromatic rings. The van der Waals surface area contributed by atoms with Gasteiger partial charge in [0, 0.05) is 18.7 Å². The van der Waals surface area contributed by atoms with Gasteiger partial charge in [0.05, 0.1) is 4.47 Å². The van der Waals surface area contributed by atoms with E-state index >= 15 is 0 Å². The minimum Gasteiger partial charge on any atom is -0.354 e. The average Bonchev–Trinajstić information content (AvgIpc) is 2.66. The Labute approximate surface area is 166 Å². The van der Waals surface area contributed by atoms with E-state index in [-0.39, 0.29) is 33.7 Å². The molecule has 3 unspecified atom stereocenters. The first-order valence-corrected chi connectivity index (χ1v) is 10.0. The Morgan fingerprint density at radius 1 is 1.30 bits per heavy atom. The molecule has 2 fully saturated rings. The van der Waals surface area contributed by atoms with Gasteiger partial charge in [0.2, 0.25) is 11.8 Å². The van der Waals surface area contributed by atoms with Crippen molar-refractivity contribution in [3.05, 3.63) is 34.1 Å². The van der Waals surface area contributed by atoms with Crippen LogP contribution in [0.25, 0.3) is 0 Å². The molecule has 0 radical (unpaired) electrons. The smallest absolute Gasteiger partial charge is 0.254 e. The lowest BCUT2D eigenvalue weighted by atomic mass is 9.93. The van der Waals surface area contributed by atoms with Crippen molar-refractivity contribution in [3.63, 3.8) is 0 Å². The van der Waals surface area contributed by atoms with E-state index in [9.17, 15) is 18.8 Å². The second kappa shape index (κ2) is 8.37. The second-order valence-electron chi connectivity index (χ2n) is 7.18. The van der Waals surface area contributed by atoms with Gasteiger partial charge in [0.25, 0.3) is 5.91 Å². The summed E-state index contributed by atoms with van der Waals surface area (Å²) in [4.78, 5) is 39.3. The molecular weight excluding hydrogens is 417 g/mol. The number of carbonyl (C=O) groups is 3. The van der Waals surface area contributed by atoms with E-state index in [4.69, 9.17) is 0 Å². The number of nitrogens with one attached hydrogen (secondary N) is 2. The Kier molecular flexibility index (Phi) is 6.14. The summed E-state index contributed by atoms with van der Waals surface area (Å²) in [6.07, 6.45) is 2.93. The highest BCUT2D eigenvalue weighted by molar-refractivity contribution is 9.10. The molecule has 0 aliphatic carbocycles. The molecule has 27 heavy (non-hydrogen) atoms. The summed E-state index contributed by atoms with van der Waals surface area (Å²) in [6, 6.07) is 2.95. The molecule has 0 spiro atoms. The van der Waals surface area contributed by atoms with Gasteiger partial charge in [0.15, 0.2) is 0 Å². The topological polar surface area (TPSA) is 78.5 Å². The second-order valence-corrected chi connectivity index (χ2v) is 8.04. The quantitative estimate of drug-likeness (QED) is 0.757. The van der Waals surface area contributed by atoms with Crippen molar-refractivity contribution in [2.24, 2.45) is 5.92 Å². The summed E-state index contributed by atoms with van der Waals surface area (Å²) in [5.41, 5.74) is 0.208. The van der Waals surface area contributed by atoms with Gasteiger partial charge in [-0.05, 0) is 65.7 Å². The third-order valence-corrected chi connectivity index (χ3v) is 5.92. The third kappa shape index (κ3) is 4.31. The molecule has 3 amide bonds. The van der Waals surface area contributed by atoms with Crippen LogP contribution in [-0.4, -0.2) is 47.8 Å². The minimum atomic E-state index is -0.653. The molecule has 2 aliphatic rings. The zero-order valence-corrected chi connectivity index (χ0v) is 16.7. The molecule has 2 saturated heterocycles. The van der Waals surface area contributed by atoms with Crippen LogP contribution in [0.2, 0.25) is 0 Å². The highest BCUT2D eigenvalue weighted by Crippen LogP contribution is 2.23. The maximum atomic E-state index is 13.8. The highest BCUT2D eigenvalue weighted by atomic mass is 79.9. The largest absolute Gasteiger partial charge is 0.354 e. The summed E-state index contributed by atoms with van der Waals surface area (Å²) >= 11 is 3.07. The van der Waals surface area contributed by atoms with E-state index in [2.05, 4.69) is 26.6 Å². The van der Waals surface area contributed by atoms with Crippen molar-refractivity contribution in [1.29, 1.82) is 0 Å². The van der Waals surface area contributed by atoms with Gasteiger partial charge in [-0.25, -0.2) is 4.39 Å². The van der Waals surface area contributed by atoms with Gasteiger partial charge in [0.1, 0.15) is 17.9 Å². The molecule has 3 atom stereocenters. The molecule has 0 aromatic heterocycles. The SMILES string of the molecule is CC1CCNC(=O)C1NC(=O)C1CCCCN1C(=O)c1ccc(Br)c(F)c1. The van der Waals surface area contributed by atoms with E-state index in [0.29, 0.717) is 19.5 Å². The molecule has 1 aromatic carbocycles. The first-order chi connectivity index (χ1) is 12.9. The van der Waals surface area contributed by atoms with E-state index in [1.807, 2.05) is 6.92 Å². The Bertz CT molecular complexity index is 758. The standard InChI is InChI=1S/C19H23BrFN3O3/c1-11-7-8-22-18(26)16(11)23-17(25)15-4-2-3-9-24(15)19(27)12-5-6-13(20)14(21)10-12/h5-6,10-11,15-16H,2-4,7-9H2,1H3,(H,22,26)(H,23,25). The number of hydrogen-bond acceptors (Lipinski definition) is 3. The van der Waals surface area contributed by atoms with E-state index in [0.717, 1.165) is 19.3 Å². The van der Waals surface area contributed by atoms with Gasteiger partial charge in [-0.1, -0.05) is 6.92 Å². The lowest BCUT2D eigenvalue weighted by Gasteiger charge is -2.37. The van der Waals surface area contributed by atoms with E-state index < -0.39 is 17.9 Å². The van der Waals surface area contributed by atoms with Crippen LogP contribution in [0.5, 0.6) is 0 Å². The number of carbonyl (C=O) groups excluding carboxylic acids is 3. The monoisotopic (exact) mass is 439 g/mol. The van der Waals surface area contributed by atoms with E-state index in [1.165, 1.54) is 23.1 Å². The Hall–Kier alpha value is -1.96. The van der Waals surface area contributed by atoms with Gasteiger partial charge in [-0.3, -0.25) is 14.4 Å². The summed E-state index contributed by atoms with van der Waals surface area (Å²) in [5, 5.41) is 5.58. The van der Waals surface area contributed by atoms with Crippen LogP contribution in [0, 0.1) is 11.7 Å². The fourth-order valence-corrected chi connectivity index (χ4v) is 3.90. The van der Waals surface area contributed by atoms with E-state index in [1.54, 1.807) is 0 Å². The normalized spacial score (nSPS) is 25.7. The number of nitrogens with zero attached hydrogens (tertiary/aromatic N) is 1. The molecule has 0 saturated carbocycles. The predicted molar refractivity (Wildman–Crippen MR) is 101 cm³/mol. The highest BCUT2D eigenvalue weighted by Gasteiger charge is 2.37. The molecule has 2 N–H and O–H groups in total. The number of hydrogen-bond donors (Lipinski definition) is 2. The summed E-state index contributed by atoms with van der Waals surface area (Å²) < 4.78 is 14.1. The molecule has 0 bridgehead atoms. The third-order valence-electron chi connectivity index (χ3n) is 5.28. The molecule has 8 heteroatoms. The first-order valence-electron chi connectivity index (χ1n) is 9.22. The maximum Gasteiger partial charge on any atom is 0.254 e. The molecule has 146 valence electrons. The van der Waals surface area contributed by atoms with Crippen LogP contribution in [0.15, 0.2) is 22.7 Å². The Balaban J connectivity index is 1.76. The van der Waals surface area contributed by atoms with Crippen molar-refractivity contribution in [2.75, 3.05) is 13.1 Å². The Morgan fingerprint density at radius 3 is 2.78 bits per heavy atom. The zero-order valence-electron chi connectivity index (χ0n) is 15.1. The zero-order chi connectivity index (χ0) is 19.6. The first kappa shape index (κ1) is 19.8. The molecule has 2 heterocycles. The number of amides is 3.